The summed E-state index contributed by atoms with van der Waals surface area (Å²) in [6.07, 6.45) is 3.22. The highest BCUT2D eigenvalue weighted by molar-refractivity contribution is 14.0. The van der Waals surface area contributed by atoms with Gasteiger partial charge in [-0.2, -0.15) is 0 Å². The van der Waals surface area contributed by atoms with Crippen molar-refractivity contribution in [3.63, 3.8) is 0 Å². The normalized spacial score (nSPS) is 17.2. The standard InChI is InChI=1S/C19H31N3O4S.HI/c1-15-11-16(5-6-18(15)27(3,23)24)12-22-19(20-2)21-8-4-9-25-13-17-7-10-26-14-17;/h5-6,11,17H,4,7-10,12-14H2,1-3H3,(H2,20,21,22);1H. The van der Waals surface area contributed by atoms with Gasteiger partial charge in [0.1, 0.15) is 0 Å². The molecule has 0 saturated carbocycles. The van der Waals surface area contributed by atoms with Crippen molar-refractivity contribution in [2.24, 2.45) is 10.9 Å². The van der Waals surface area contributed by atoms with Gasteiger partial charge in [0.05, 0.1) is 18.1 Å². The van der Waals surface area contributed by atoms with Gasteiger partial charge in [0, 0.05) is 45.5 Å². The third kappa shape index (κ3) is 8.62. The SMILES string of the molecule is CN=C(NCCCOCC1CCOC1)NCc1ccc(S(C)(=O)=O)c(C)c1.I. The van der Waals surface area contributed by atoms with Crippen molar-refractivity contribution in [2.45, 2.75) is 31.2 Å². The Kier molecular flexibility index (Phi) is 11.3. The first kappa shape index (κ1) is 25.1. The molecule has 0 aliphatic carbocycles. The van der Waals surface area contributed by atoms with Crippen LogP contribution in [0.5, 0.6) is 0 Å². The monoisotopic (exact) mass is 525 g/mol. The van der Waals surface area contributed by atoms with Gasteiger partial charge in [-0.3, -0.25) is 4.99 Å². The highest BCUT2D eigenvalue weighted by atomic mass is 127. The quantitative estimate of drug-likeness (QED) is 0.222. The number of halogens is 1. The van der Waals surface area contributed by atoms with Gasteiger partial charge in [-0.05, 0) is 37.0 Å². The average Bonchev–Trinajstić information content (AvgIpc) is 3.13. The van der Waals surface area contributed by atoms with E-state index in [-0.39, 0.29) is 24.0 Å². The first-order valence-electron chi connectivity index (χ1n) is 9.29. The lowest BCUT2D eigenvalue weighted by molar-refractivity contribution is 0.0888. The van der Waals surface area contributed by atoms with Crippen LogP contribution in [0.4, 0.5) is 0 Å². The predicted molar refractivity (Wildman–Crippen MR) is 122 cm³/mol. The fraction of sp³-hybridized carbons (Fsp3) is 0.632. The molecule has 7 nitrogen and oxygen atoms in total. The molecule has 0 aromatic heterocycles. The molecule has 2 N–H and O–H groups in total. The zero-order chi connectivity index (χ0) is 19.7. The van der Waals surface area contributed by atoms with E-state index in [1.54, 1.807) is 13.1 Å². The Morgan fingerprint density at radius 3 is 2.75 bits per heavy atom. The summed E-state index contributed by atoms with van der Waals surface area (Å²) >= 11 is 0. The van der Waals surface area contributed by atoms with Crippen LogP contribution in [0.15, 0.2) is 28.1 Å². The average molecular weight is 525 g/mol. The maximum Gasteiger partial charge on any atom is 0.191 e. The molecule has 1 atom stereocenters. The van der Waals surface area contributed by atoms with Crippen LogP contribution in [0.25, 0.3) is 0 Å². The molecule has 0 amide bonds. The highest BCUT2D eigenvalue weighted by Gasteiger charge is 2.15. The van der Waals surface area contributed by atoms with E-state index < -0.39 is 9.84 Å². The van der Waals surface area contributed by atoms with Crippen LogP contribution in [-0.2, 0) is 25.9 Å². The number of nitrogens with one attached hydrogen (secondary N) is 2. The topological polar surface area (TPSA) is 89.0 Å². The molecule has 1 fully saturated rings. The molecule has 0 spiro atoms. The number of benzene rings is 1. The van der Waals surface area contributed by atoms with E-state index in [2.05, 4.69) is 15.6 Å². The molecule has 2 rings (SSSR count). The number of hydrogen-bond donors (Lipinski definition) is 2. The minimum Gasteiger partial charge on any atom is -0.381 e. The second kappa shape index (κ2) is 12.6. The first-order chi connectivity index (χ1) is 12.9. The minimum atomic E-state index is -3.19. The Labute approximate surface area is 185 Å². The van der Waals surface area contributed by atoms with E-state index in [1.165, 1.54) is 6.26 Å². The molecular weight excluding hydrogens is 493 g/mol. The summed E-state index contributed by atoms with van der Waals surface area (Å²) in [4.78, 5) is 4.58. The molecule has 28 heavy (non-hydrogen) atoms. The fourth-order valence-electron chi connectivity index (χ4n) is 2.99. The molecule has 160 valence electrons. The van der Waals surface area contributed by atoms with Crippen molar-refractivity contribution in [3.8, 4) is 0 Å². The van der Waals surface area contributed by atoms with E-state index in [0.717, 1.165) is 50.3 Å². The van der Waals surface area contributed by atoms with E-state index in [9.17, 15) is 8.42 Å². The number of sulfone groups is 1. The summed E-state index contributed by atoms with van der Waals surface area (Å²) in [7, 11) is -1.46. The summed E-state index contributed by atoms with van der Waals surface area (Å²) < 4.78 is 34.4. The summed E-state index contributed by atoms with van der Waals surface area (Å²) in [5, 5.41) is 6.50. The van der Waals surface area contributed by atoms with E-state index in [4.69, 9.17) is 9.47 Å². The van der Waals surface area contributed by atoms with E-state index >= 15 is 0 Å². The van der Waals surface area contributed by atoms with Crippen LogP contribution in [0.2, 0.25) is 0 Å². The number of aryl methyl sites for hydroxylation is 1. The lowest BCUT2D eigenvalue weighted by atomic mass is 10.1. The summed E-state index contributed by atoms with van der Waals surface area (Å²) in [6, 6.07) is 5.37. The number of guanidine groups is 1. The molecule has 1 aromatic carbocycles. The first-order valence-corrected chi connectivity index (χ1v) is 11.2. The highest BCUT2D eigenvalue weighted by Crippen LogP contribution is 2.16. The van der Waals surface area contributed by atoms with Crippen molar-refractivity contribution < 1.29 is 17.9 Å². The van der Waals surface area contributed by atoms with Crippen LogP contribution in [0.1, 0.15) is 24.0 Å². The Morgan fingerprint density at radius 2 is 2.14 bits per heavy atom. The second-order valence-electron chi connectivity index (χ2n) is 6.88. The lowest BCUT2D eigenvalue weighted by Crippen LogP contribution is -2.37. The summed E-state index contributed by atoms with van der Waals surface area (Å²) in [6.45, 7) is 6.32. The molecule has 9 heteroatoms. The molecular formula is C19H32IN3O4S. The van der Waals surface area contributed by atoms with Crippen molar-refractivity contribution in [1.29, 1.82) is 0 Å². The van der Waals surface area contributed by atoms with Gasteiger partial charge in [-0.25, -0.2) is 8.42 Å². The fourth-order valence-corrected chi connectivity index (χ4v) is 3.95. The van der Waals surface area contributed by atoms with Gasteiger partial charge in [-0.1, -0.05) is 12.1 Å². The predicted octanol–water partition coefficient (Wildman–Crippen LogP) is 2.12. The molecule has 1 aliphatic heterocycles. The number of aliphatic imine (C=N–C) groups is 1. The smallest absolute Gasteiger partial charge is 0.191 e. The van der Waals surface area contributed by atoms with Gasteiger partial charge >= 0.3 is 0 Å². The van der Waals surface area contributed by atoms with Crippen LogP contribution in [0, 0.1) is 12.8 Å². The largest absolute Gasteiger partial charge is 0.381 e. The van der Waals surface area contributed by atoms with Gasteiger partial charge in [0.15, 0.2) is 15.8 Å². The molecule has 1 unspecified atom stereocenters. The summed E-state index contributed by atoms with van der Waals surface area (Å²) in [5.74, 6) is 1.26. The Bertz CT molecular complexity index is 735. The van der Waals surface area contributed by atoms with Crippen LogP contribution >= 0.6 is 24.0 Å². The van der Waals surface area contributed by atoms with Crippen molar-refractivity contribution in [2.75, 3.05) is 46.3 Å². The number of hydrogen-bond acceptors (Lipinski definition) is 5. The lowest BCUT2D eigenvalue weighted by Gasteiger charge is -2.13. The van der Waals surface area contributed by atoms with Gasteiger partial charge in [0.2, 0.25) is 0 Å². The van der Waals surface area contributed by atoms with E-state index in [0.29, 0.717) is 29.9 Å². The van der Waals surface area contributed by atoms with Gasteiger partial charge < -0.3 is 20.1 Å². The summed E-state index contributed by atoms with van der Waals surface area (Å²) in [5.41, 5.74) is 1.76. The zero-order valence-electron chi connectivity index (χ0n) is 16.9. The van der Waals surface area contributed by atoms with E-state index in [1.807, 2.05) is 19.1 Å². The number of rotatable bonds is 9. The van der Waals surface area contributed by atoms with Crippen LogP contribution in [0.3, 0.4) is 0 Å². The Morgan fingerprint density at radius 1 is 1.36 bits per heavy atom. The molecule has 1 saturated heterocycles. The molecule has 1 aromatic rings. The van der Waals surface area contributed by atoms with Crippen molar-refractivity contribution >= 4 is 39.8 Å². The zero-order valence-corrected chi connectivity index (χ0v) is 20.0. The molecule has 1 heterocycles. The Balaban J connectivity index is 0.00000392. The van der Waals surface area contributed by atoms with Gasteiger partial charge in [-0.15, -0.1) is 24.0 Å². The second-order valence-corrected chi connectivity index (χ2v) is 8.87. The molecule has 0 radical (unpaired) electrons. The van der Waals surface area contributed by atoms with Crippen LogP contribution in [-0.4, -0.2) is 60.7 Å². The third-order valence-electron chi connectivity index (χ3n) is 4.46. The van der Waals surface area contributed by atoms with Crippen LogP contribution < -0.4 is 10.6 Å². The number of nitrogens with zero attached hydrogens (tertiary/aromatic N) is 1. The maximum absolute atomic E-state index is 11.7. The minimum absolute atomic E-state index is 0. The third-order valence-corrected chi connectivity index (χ3v) is 5.71. The van der Waals surface area contributed by atoms with Gasteiger partial charge in [0.25, 0.3) is 0 Å². The maximum atomic E-state index is 11.7. The Hall–Kier alpha value is -0.910. The number of ether oxygens (including phenoxy) is 2. The molecule has 1 aliphatic rings. The van der Waals surface area contributed by atoms with Crippen molar-refractivity contribution in [3.05, 3.63) is 29.3 Å². The molecule has 0 bridgehead atoms. The van der Waals surface area contributed by atoms with Crippen molar-refractivity contribution in [1.82, 2.24) is 10.6 Å².